The van der Waals surface area contributed by atoms with Crippen LogP contribution in [-0.4, -0.2) is 40.9 Å². The summed E-state index contributed by atoms with van der Waals surface area (Å²) in [5.74, 6) is 0. The normalized spacial score (nSPS) is 9.14. The lowest BCUT2D eigenvalue weighted by molar-refractivity contribution is 0.0450. The van der Waals surface area contributed by atoms with Crippen LogP contribution in [0.2, 0.25) is 0 Å². The lowest BCUT2D eigenvalue weighted by atomic mass is 10.2. The molecule has 0 amide bonds. The summed E-state index contributed by atoms with van der Waals surface area (Å²) >= 11 is 0. The third-order valence-electron chi connectivity index (χ3n) is 1.36. The predicted molar refractivity (Wildman–Crippen MR) is 52.0 cm³/mol. The van der Waals surface area contributed by atoms with Gasteiger partial charge in [0.15, 0.2) is 0 Å². The quantitative estimate of drug-likeness (QED) is 0.589. The van der Waals surface area contributed by atoms with Crippen LogP contribution in [0.3, 0.4) is 0 Å². The molecule has 4 nitrogen and oxygen atoms in total. The van der Waals surface area contributed by atoms with Crippen molar-refractivity contribution in [2.24, 2.45) is 0 Å². The third kappa shape index (κ3) is 6.30. The van der Waals surface area contributed by atoms with E-state index in [4.69, 9.17) is 15.3 Å². The SMILES string of the molecule is O=Cc1ccccc1.OCC(O)CO. The van der Waals surface area contributed by atoms with Crippen molar-refractivity contribution in [3.8, 4) is 0 Å². The van der Waals surface area contributed by atoms with Crippen molar-refractivity contribution in [1.82, 2.24) is 0 Å². The smallest absolute Gasteiger partial charge is 0.150 e. The van der Waals surface area contributed by atoms with Gasteiger partial charge < -0.3 is 15.3 Å². The van der Waals surface area contributed by atoms with E-state index in [9.17, 15) is 4.79 Å². The van der Waals surface area contributed by atoms with Crippen molar-refractivity contribution >= 4 is 6.29 Å². The minimum absolute atomic E-state index is 0.365. The Morgan fingerprint density at radius 3 is 1.86 bits per heavy atom. The first kappa shape index (κ1) is 12.8. The van der Waals surface area contributed by atoms with Crippen molar-refractivity contribution in [3.63, 3.8) is 0 Å². The van der Waals surface area contributed by atoms with E-state index in [-0.39, 0.29) is 13.2 Å². The molecule has 1 rings (SSSR count). The molecule has 0 aliphatic heterocycles. The van der Waals surface area contributed by atoms with E-state index < -0.39 is 6.10 Å². The standard InChI is InChI=1S/C7H6O.C3H8O3/c8-6-7-4-2-1-3-5-7;4-1-3(6)2-5/h1-6H;3-6H,1-2H2. The Hall–Kier alpha value is -1.23. The summed E-state index contributed by atoms with van der Waals surface area (Å²) in [5, 5.41) is 24.0. The first-order valence-corrected chi connectivity index (χ1v) is 4.14. The molecule has 0 fully saturated rings. The van der Waals surface area contributed by atoms with Gasteiger partial charge in [-0.25, -0.2) is 0 Å². The monoisotopic (exact) mass is 198 g/mol. The van der Waals surface area contributed by atoms with E-state index in [2.05, 4.69) is 0 Å². The van der Waals surface area contributed by atoms with Crippen LogP contribution < -0.4 is 0 Å². The number of hydrogen-bond donors (Lipinski definition) is 3. The molecule has 0 aromatic heterocycles. The summed E-state index contributed by atoms with van der Waals surface area (Å²) in [4.78, 5) is 10.0. The van der Waals surface area contributed by atoms with Crippen LogP contribution in [-0.2, 0) is 0 Å². The Kier molecular flexibility index (Phi) is 7.64. The Labute approximate surface area is 82.4 Å². The fourth-order valence-corrected chi connectivity index (χ4v) is 0.589. The van der Waals surface area contributed by atoms with E-state index in [1.807, 2.05) is 18.2 Å². The average molecular weight is 198 g/mol. The van der Waals surface area contributed by atoms with Crippen LogP contribution in [0.25, 0.3) is 0 Å². The Bertz CT molecular complexity index is 231. The number of benzene rings is 1. The second-order valence-electron chi connectivity index (χ2n) is 2.55. The Balaban J connectivity index is 0.000000255. The van der Waals surface area contributed by atoms with Crippen LogP contribution in [0, 0.1) is 0 Å². The zero-order valence-electron chi connectivity index (χ0n) is 7.71. The highest BCUT2D eigenvalue weighted by Crippen LogP contribution is 1.91. The van der Waals surface area contributed by atoms with Gasteiger partial charge in [-0.05, 0) is 0 Å². The van der Waals surface area contributed by atoms with Gasteiger partial charge in [-0.3, -0.25) is 4.79 Å². The molecule has 0 atom stereocenters. The summed E-state index contributed by atoms with van der Waals surface area (Å²) in [6.45, 7) is -0.729. The van der Waals surface area contributed by atoms with Gasteiger partial charge in [-0.15, -0.1) is 0 Å². The number of rotatable bonds is 3. The molecule has 78 valence electrons. The predicted octanol–water partition coefficient (Wildman–Crippen LogP) is -0.169. The van der Waals surface area contributed by atoms with E-state index >= 15 is 0 Å². The maximum Gasteiger partial charge on any atom is 0.150 e. The molecule has 0 radical (unpaired) electrons. The number of aliphatic hydroxyl groups excluding tert-OH is 3. The van der Waals surface area contributed by atoms with E-state index in [0.717, 1.165) is 11.8 Å². The van der Waals surface area contributed by atoms with Crippen molar-refractivity contribution in [2.75, 3.05) is 13.2 Å². The van der Waals surface area contributed by atoms with Crippen molar-refractivity contribution in [2.45, 2.75) is 6.10 Å². The number of carbonyl (C=O) groups is 1. The van der Waals surface area contributed by atoms with E-state index in [1.54, 1.807) is 12.1 Å². The molecule has 1 aromatic rings. The van der Waals surface area contributed by atoms with Gasteiger partial charge in [0.2, 0.25) is 0 Å². The van der Waals surface area contributed by atoms with Gasteiger partial charge in [-0.2, -0.15) is 0 Å². The molecule has 0 spiro atoms. The maximum absolute atomic E-state index is 10.0. The molecule has 0 unspecified atom stereocenters. The summed E-state index contributed by atoms with van der Waals surface area (Å²) in [6.07, 6.45) is -0.120. The Morgan fingerprint density at radius 1 is 1.14 bits per heavy atom. The number of hydrogen-bond acceptors (Lipinski definition) is 4. The highest BCUT2D eigenvalue weighted by Gasteiger charge is 1.93. The van der Waals surface area contributed by atoms with Gasteiger partial charge in [0.05, 0.1) is 13.2 Å². The van der Waals surface area contributed by atoms with E-state index in [1.165, 1.54) is 0 Å². The van der Waals surface area contributed by atoms with Crippen LogP contribution in [0.1, 0.15) is 10.4 Å². The largest absolute Gasteiger partial charge is 0.394 e. The van der Waals surface area contributed by atoms with Gasteiger partial charge in [0.1, 0.15) is 12.4 Å². The lowest BCUT2D eigenvalue weighted by Crippen LogP contribution is -2.15. The molecule has 0 aliphatic rings. The molecule has 1 aromatic carbocycles. The number of carbonyl (C=O) groups excluding carboxylic acids is 1. The summed E-state index contributed by atoms with van der Waals surface area (Å²) < 4.78 is 0. The average Bonchev–Trinajstić information content (AvgIpc) is 2.30. The molecule has 3 N–H and O–H groups in total. The topological polar surface area (TPSA) is 77.8 Å². The summed E-state index contributed by atoms with van der Waals surface area (Å²) in [7, 11) is 0. The lowest BCUT2D eigenvalue weighted by Gasteiger charge is -1.96. The molecular weight excluding hydrogens is 184 g/mol. The fraction of sp³-hybridized carbons (Fsp3) is 0.300. The van der Waals surface area contributed by atoms with Crippen LogP contribution >= 0.6 is 0 Å². The molecule has 0 bridgehead atoms. The molecule has 0 heterocycles. The molecule has 4 heteroatoms. The zero-order chi connectivity index (χ0) is 10.8. The van der Waals surface area contributed by atoms with Crippen molar-refractivity contribution in [1.29, 1.82) is 0 Å². The minimum atomic E-state index is -0.954. The second-order valence-corrected chi connectivity index (χ2v) is 2.55. The number of aliphatic hydroxyl groups is 3. The first-order valence-electron chi connectivity index (χ1n) is 4.14. The molecule has 0 saturated carbocycles. The third-order valence-corrected chi connectivity index (χ3v) is 1.36. The highest BCUT2D eigenvalue weighted by molar-refractivity contribution is 5.74. The molecule has 0 aliphatic carbocycles. The van der Waals surface area contributed by atoms with Crippen LogP contribution in [0.15, 0.2) is 30.3 Å². The van der Waals surface area contributed by atoms with Gasteiger partial charge in [0.25, 0.3) is 0 Å². The van der Waals surface area contributed by atoms with Crippen LogP contribution in [0.5, 0.6) is 0 Å². The van der Waals surface area contributed by atoms with Gasteiger partial charge in [-0.1, -0.05) is 30.3 Å². The summed E-state index contributed by atoms with van der Waals surface area (Å²) in [6, 6.07) is 9.10. The molecule has 14 heavy (non-hydrogen) atoms. The van der Waals surface area contributed by atoms with Crippen LogP contribution in [0.4, 0.5) is 0 Å². The Morgan fingerprint density at radius 2 is 1.64 bits per heavy atom. The van der Waals surface area contributed by atoms with Crippen molar-refractivity contribution < 1.29 is 20.1 Å². The maximum atomic E-state index is 10.0. The van der Waals surface area contributed by atoms with Gasteiger partial charge >= 0.3 is 0 Å². The van der Waals surface area contributed by atoms with E-state index in [0.29, 0.717) is 0 Å². The highest BCUT2D eigenvalue weighted by atomic mass is 16.3. The fourth-order valence-electron chi connectivity index (χ4n) is 0.589. The molecular formula is C10H14O4. The molecule has 0 saturated heterocycles. The zero-order valence-corrected chi connectivity index (χ0v) is 7.71. The van der Waals surface area contributed by atoms with Gasteiger partial charge in [0, 0.05) is 5.56 Å². The first-order chi connectivity index (χ1) is 6.74. The van der Waals surface area contributed by atoms with Crippen molar-refractivity contribution in [3.05, 3.63) is 35.9 Å². The summed E-state index contributed by atoms with van der Waals surface area (Å²) in [5.41, 5.74) is 0.729. The minimum Gasteiger partial charge on any atom is -0.394 e. The second kappa shape index (κ2) is 8.37. The number of aldehydes is 1.